The lowest BCUT2D eigenvalue weighted by molar-refractivity contribution is 0.414. The second-order valence-electron chi connectivity index (χ2n) is 7.25. The molecule has 1 heterocycles. The van der Waals surface area contributed by atoms with Gasteiger partial charge in [0.15, 0.2) is 0 Å². The fourth-order valence-electron chi connectivity index (χ4n) is 3.77. The van der Waals surface area contributed by atoms with Crippen molar-refractivity contribution in [1.82, 2.24) is 4.98 Å². The first-order valence-electron chi connectivity index (χ1n) is 10.4. The van der Waals surface area contributed by atoms with Gasteiger partial charge in [0.05, 0.1) is 26.1 Å². The first-order valence-corrected chi connectivity index (χ1v) is 10.4. The van der Waals surface area contributed by atoms with Crippen LogP contribution >= 0.6 is 0 Å². The van der Waals surface area contributed by atoms with Gasteiger partial charge in [-0.3, -0.25) is 0 Å². The Morgan fingerprint density at radius 1 is 0.767 bits per heavy atom. The quantitative estimate of drug-likeness (QED) is 0.542. The highest BCUT2D eigenvalue weighted by molar-refractivity contribution is 5.60. The van der Waals surface area contributed by atoms with Crippen molar-refractivity contribution in [3.05, 3.63) is 77.0 Å². The van der Waals surface area contributed by atoms with E-state index in [-0.39, 0.29) is 0 Å². The third kappa shape index (κ3) is 4.85. The summed E-state index contributed by atoms with van der Waals surface area (Å²) in [4.78, 5) is 7.09. The Bertz CT molecular complexity index is 904. The highest BCUT2D eigenvalue weighted by Crippen LogP contribution is 2.30. The molecule has 30 heavy (non-hydrogen) atoms. The van der Waals surface area contributed by atoms with Crippen LogP contribution in [0.2, 0.25) is 0 Å². The summed E-state index contributed by atoms with van der Waals surface area (Å²) < 4.78 is 10.6. The largest absolute Gasteiger partial charge is 0.497 e. The molecule has 0 spiro atoms. The Morgan fingerprint density at radius 2 is 1.23 bits per heavy atom. The molecule has 2 aromatic carbocycles. The van der Waals surface area contributed by atoms with Crippen LogP contribution < -0.4 is 20.1 Å². The zero-order valence-corrected chi connectivity index (χ0v) is 18.3. The van der Waals surface area contributed by atoms with Gasteiger partial charge in [-0.1, -0.05) is 38.1 Å². The Kier molecular flexibility index (Phi) is 7.17. The molecular formula is C25H31N3O2. The number of rotatable bonds is 9. The Hall–Kier alpha value is -3.21. The summed E-state index contributed by atoms with van der Waals surface area (Å²) in [6.07, 6.45) is 3.57. The van der Waals surface area contributed by atoms with Gasteiger partial charge in [0.1, 0.15) is 17.3 Å². The van der Waals surface area contributed by atoms with E-state index >= 15 is 0 Å². The van der Waals surface area contributed by atoms with Crippen LogP contribution in [0.4, 0.5) is 11.5 Å². The number of nitrogens with two attached hydrogens (primary N) is 1. The van der Waals surface area contributed by atoms with Crippen LogP contribution in [0.25, 0.3) is 0 Å². The lowest BCUT2D eigenvalue weighted by Gasteiger charge is -2.28. The average Bonchev–Trinajstić information content (AvgIpc) is 2.79. The van der Waals surface area contributed by atoms with Crippen LogP contribution in [-0.2, 0) is 25.9 Å². The molecule has 0 aliphatic heterocycles. The maximum atomic E-state index is 6.24. The number of ether oxygens (including phenoxy) is 2. The van der Waals surface area contributed by atoms with E-state index in [9.17, 15) is 0 Å². The molecule has 5 heteroatoms. The molecule has 0 unspecified atom stereocenters. The minimum atomic E-state index is 0.739. The summed E-state index contributed by atoms with van der Waals surface area (Å²) >= 11 is 0. The molecule has 0 aliphatic rings. The number of hydrogen-bond acceptors (Lipinski definition) is 5. The molecule has 1 aromatic heterocycles. The van der Waals surface area contributed by atoms with Crippen molar-refractivity contribution in [3.63, 3.8) is 0 Å². The maximum Gasteiger partial charge on any atom is 0.132 e. The van der Waals surface area contributed by atoms with Crippen molar-refractivity contribution in [2.75, 3.05) is 24.9 Å². The van der Waals surface area contributed by atoms with E-state index in [1.165, 1.54) is 22.3 Å². The van der Waals surface area contributed by atoms with E-state index in [0.29, 0.717) is 0 Å². The minimum absolute atomic E-state index is 0.739. The predicted octanol–water partition coefficient (Wildman–Crippen LogP) is 5.01. The van der Waals surface area contributed by atoms with Crippen LogP contribution in [0.15, 0.2) is 54.7 Å². The molecule has 3 rings (SSSR count). The zero-order valence-electron chi connectivity index (χ0n) is 18.3. The number of hydrogen-bond donors (Lipinski definition) is 1. The summed E-state index contributed by atoms with van der Waals surface area (Å²) in [5, 5.41) is 0. The highest BCUT2D eigenvalue weighted by atomic mass is 16.5. The SMILES string of the molecule is CCc1c(N)cnc(N(Cc2ccc(OC)cc2)Cc2ccc(OC)cc2)c1CC. The van der Waals surface area contributed by atoms with E-state index in [0.717, 1.165) is 48.9 Å². The van der Waals surface area contributed by atoms with Gasteiger partial charge in [0.2, 0.25) is 0 Å². The number of anilines is 2. The van der Waals surface area contributed by atoms with Crippen LogP contribution in [0.3, 0.4) is 0 Å². The molecular weight excluding hydrogens is 374 g/mol. The van der Waals surface area contributed by atoms with Crippen LogP contribution in [0, 0.1) is 0 Å². The third-order valence-electron chi connectivity index (χ3n) is 5.38. The molecule has 0 aliphatic carbocycles. The fourth-order valence-corrected chi connectivity index (χ4v) is 3.77. The van der Waals surface area contributed by atoms with Gasteiger partial charge in [-0.25, -0.2) is 4.98 Å². The van der Waals surface area contributed by atoms with E-state index in [2.05, 4.69) is 43.0 Å². The lowest BCUT2D eigenvalue weighted by atomic mass is 10.0. The number of pyridine rings is 1. The van der Waals surface area contributed by atoms with Crippen molar-refractivity contribution < 1.29 is 9.47 Å². The molecule has 3 aromatic rings. The van der Waals surface area contributed by atoms with Crippen molar-refractivity contribution in [1.29, 1.82) is 0 Å². The van der Waals surface area contributed by atoms with Crippen molar-refractivity contribution in [2.24, 2.45) is 0 Å². The van der Waals surface area contributed by atoms with E-state index in [1.807, 2.05) is 24.3 Å². The topological polar surface area (TPSA) is 60.6 Å². The summed E-state index contributed by atoms with van der Waals surface area (Å²) in [6, 6.07) is 16.4. The molecule has 0 amide bonds. The number of methoxy groups -OCH3 is 2. The molecule has 0 saturated carbocycles. The first-order chi connectivity index (χ1) is 14.6. The second-order valence-corrected chi connectivity index (χ2v) is 7.25. The maximum absolute atomic E-state index is 6.24. The third-order valence-corrected chi connectivity index (χ3v) is 5.38. The normalized spacial score (nSPS) is 10.7. The summed E-state index contributed by atoms with van der Waals surface area (Å²) in [7, 11) is 3.37. The molecule has 158 valence electrons. The van der Waals surface area contributed by atoms with Gasteiger partial charge in [0.25, 0.3) is 0 Å². The van der Waals surface area contributed by atoms with Gasteiger partial charge in [-0.05, 0) is 59.4 Å². The summed E-state index contributed by atoms with van der Waals surface area (Å²) in [5.74, 6) is 2.71. The van der Waals surface area contributed by atoms with Gasteiger partial charge >= 0.3 is 0 Å². The second kappa shape index (κ2) is 10.0. The molecule has 0 atom stereocenters. The number of nitrogen functional groups attached to an aromatic ring is 1. The van der Waals surface area contributed by atoms with Crippen LogP contribution in [-0.4, -0.2) is 19.2 Å². The summed E-state index contributed by atoms with van der Waals surface area (Å²) in [5.41, 5.74) is 11.8. The van der Waals surface area contributed by atoms with Crippen molar-refractivity contribution in [2.45, 2.75) is 39.8 Å². The van der Waals surface area contributed by atoms with Gasteiger partial charge in [-0.15, -0.1) is 0 Å². The fraction of sp³-hybridized carbons (Fsp3) is 0.320. The van der Waals surface area contributed by atoms with Crippen molar-refractivity contribution >= 4 is 11.5 Å². The molecule has 2 N–H and O–H groups in total. The Labute approximate surface area is 179 Å². The Morgan fingerprint density at radius 3 is 1.63 bits per heavy atom. The van der Waals surface area contributed by atoms with Gasteiger partial charge in [0, 0.05) is 13.1 Å². The van der Waals surface area contributed by atoms with E-state index < -0.39 is 0 Å². The van der Waals surface area contributed by atoms with E-state index in [1.54, 1.807) is 20.4 Å². The Balaban J connectivity index is 1.99. The van der Waals surface area contributed by atoms with Gasteiger partial charge in [-0.2, -0.15) is 0 Å². The first kappa shape index (κ1) is 21.5. The molecule has 0 saturated heterocycles. The molecule has 5 nitrogen and oxygen atoms in total. The van der Waals surface area contributed by atoms with Crippen LogP contribution in [0.5, 0.6) is 11.5 Å². The molecule has 0 bridgehead atoms. The van der Waals surface area contributed by atoms with E-state index in [4.69, 9.17) is 20.2 Å². The molecule has 0 fully saturated rings. The molecule has 0 radical (unpaired) electrons. The number of benzene rings is 2. The van der Waals surface area contributed by atoms with Crippen LogP contribution in [0.1, 0.15) is 36.1 Å². The zero-order chi connectivity index (χ0) is 21.5. The lowest BCUT2D eigenvalue weighted by Crippen LogP contribution is -2.25. The number of aromatic nitrogens is 1. The standard InChI is InChI=1S/C25H31N3O2/c1-5-22-23(6-2)25(27-15-24(22)26)28(16-18-7-11-20(29-3)12-8-18)17-19-9-13-21(30-4)14-10-19/h7-15H,5-6,16-17,26H2,1-4H3. The van der Waals surface area contributed by atoms with Crippen molar-refractivity contribution in [3.8, 4) is 11.5 Å². The number of nitrogens with zero attached hydrogens (tertiary/aromatic N) is 2. The predicted molar refractivity (Wildman–Crippen MR) is 123 cm³/mol. The summed E-state index contributed by atoms with van der Waals surface area (Å²) in [6.45, 7) is 5.79. The van der Waals surface area contributed by atoms with Gasteiger partial charge < -0.3 is 20.1 Å². The minimum Gasteiger partial charge on any atom is -0.497 e. The monoisotopic (exact) mass is 405 g/mol. The highest BCUT2D eigenvalue weighted by Gasteiger charge is 2.18. The average molecular weight is 406 g/mol. The smallest absolute Gasteiger partial charge is 0.132 e.